The Morgan fingerprint density at radius 1 is 1.32 bits per heavy atom. The van der Waals surface area contributed by atoms with Gasteiger partial charge in [-0.2, -0.15) is 0 Å². The number of rotatable bonds is 6. The number of imidazole rings is 1. The van der Waals surface area contributed by atoms with Crippen molar-refractivity contribution >= 4 is 11.0 Å². The first-order chi connectivity index (χ1) is 9.21. The van der Waals surface area contributed by atoms with E-state index in [0.717, 1.165) is 42.0 Å². The lowest BCUT2D eigenvalue weighted by atomic mass is 10.2. The molecule has 0 aliphatic heterocycles. The summed E-state index contributed by atoms with van der Waals surface area (Å²) in [5, 5.41) is 0. The lowest BCUT2D eigenvalue weighted by molar-refractivity contribution is 0.340. The van der Waals surface area contributed by atoms with E-state index >= 15 is 0 Å². The lowest BCUT2D eigenvalue weighted by Gasteiger charge is -2.12. The molecular formula is C15H23N3O. The normalized spacial score (nSPS) is 12.8. The molecule has 104 valence electrons. The molecule has 2 rings (SSSR count). The van der Waals surface area contributed by atoms with Gasteiger partial charge in [-0.15, -0.1) is 0 Å². The molecule has 0 bridgehead atoms. The summed E-state index contributed by atoms with van der Waals surface area (Å²) in [6, 6.07) is 6.06. The van der Waals surface area contributed by atoms with Crippen LogP contribution in [0.1, 0.15) is 45.5 Å². The number of nitrogens with zero attached hydrogens (tertiary/aromatic N) is 2. The topological polar surface area (TPSA) is 53.1 Å². The maximum Gasteiger partial charge on any atom is 0.126 e. The number of hydrogen-bond donors (Lipinski definition) is 1. The predicted molar refractivity (Wildman–Crippen MR) is 78.4 cm³/mol. The first-order valence-electron chi connectivity index (χ1n) is 7.09. The average Bonchev–Trinajstić information content (AvgIpc) is 2.77. The molecule has 1 heterocycles. The number of aryl methyl sites for hydroxylation is 1. The molecule has 0 aliphatic rings. The lowest BCUT2D eigenvalue weighted by Crippen LogP contribution is -2.16. The fourth-order valence-corrected chi connectivity index (χ4v) is 2.44. The van der Waals surface area contributed by atoms with E-state index in [4.69, 9.17) is 15.5 Å². The van der Waals surface area contributed by atoms with E-state index in [1.165, 1.54) is 0 Å². The molecule has 0 saturated heterocycles. The quantitative estimate of drug-likeness (QED) is 0.868. The molecule has 0 radical (unpaired) electrons. The number of ether oxygens (including phenoxy) is 1. The van der Waals surface area contributed by atoms with Gasteiger partial charge in [0.2, 0.25) is 0 Å². The van der Waals surface area contributed by atoms with E-state index in [9.17, 15) is 0 Å². The van der Waals surface area contributed by atoms with Crippen molar-refractivity contribution in [2.75, 3.05) is 6.61 Å². The van der Waals surface area contributed by atoms with Gasteiger partial charge >= 0.3 is 0 Å². The van der Waals surface area contributed by atoms with Crippen LogP contribution in [0.15, 0.2) is 18.2 Å². The van der Waals surface area contributed by atoms with Gasteiger partial charge in [0.25, 0.3) is 0 Å². The van der Waals surface area contributed by atoms with Crippen molar-refractivity contribution in [2.45, 2.75) is 46.2 Å². The maximum atomic E-state index is 6.23. The Kier molecular flexibility index (Phi) is 4.43. The molecule has 4 nitrogen and oxygen atoms in total. The molecule has 0 amide bonds. The molecule has 19 heavy (non-hydrogen) atoms. The van der Waals surface area contributed by atoms with Gasteiger partial charge < -0.3 is 15.0 Å². The Morgan fingerprint density at radius 2 is 2.11 bits per heavy atom. The Bertz CT molecular complexity index is 548. The number of fused-ring (bicyclic) bond motifs is 1. The van der Waals surface area contributed by atoms with Crippen LogP contribution in [0.5, 0.6) is 5.75 Å². The molecule has 2 N–H and O–H groups in total. The third kappa shape index (κ3) is 2.73. The van der Waals surface area contributed by atoms with E-state index < -0.39 is 0 Å². The highest BCUT2D eigenvalue weighted by molar-refractivity contribution is 5.78. The van der Waals surface area contributed by atoms with Gasteiger partial charge in [0.05, 0.1) is 23.7 Å². The second-order valence-corrected chi connectivity index (χ2v) is 4.69. The minimum Gasteiger partial charge on any atom is -0.494 e. The van der Waals surface area contributed by atoms with Crippen molar-refractivity contribution < 1.29 is 4.74 Å². The van der Waals surface area contributed by atoms with Crippen LogP contribution in [0.4, 0.5) is 0 Å². The highest BCUT2D eigenvalue weighted by Gasteiger charge is 2.15. The number of aromatic nitrogens is 2. The Balaban J connectivity index is 2.47. The van der Waals surface area contributed by atoms with Crippen LogP contribution < -0.4 is 10.5 Å². The van der Waals surface area contributed by atoms with Gasteiger partial charge in [-0.3, -0.25) is 0 Å². The van der Waals surface area contributed by atoms with Crippen LogP contribution in [0, 0.1) is 0 Å². The van der Waals surface area contributed by atoms with Crippen LogP contribution in [0.3, 0.4) is 0 Å². The fraction of sp³-hybridized carbons (Fsp3) is 0.533. The van der Waals surface area contributed by atoms with Crippen LogP contribution in [-0.4, -0.2) is 16.2 Å². The van der Waals surface area contributed by atoms with Crippen LogP contribution >= 0.6 is 0 Å². The molecule has 0 saturated carbocycles. The Morgan fingerprint density at radius 3 is 2.74 bits per heavy atom. The highest BCUT2D eigenvalue weighted by Crippen LogP contribution is 2.25. The van der Waals surface area contributed by atoms with Crippen LogP contribution in [0.25, 0.3) is 11.0 Å². The molecule has 1 aromatic heterocycles. The average molecular weight is 261 g/mol. The van der Waals surface area contributed by atoms with Crippen molar-refractivity contribution in [2.24, 2.45) is 5.73 Å². The van der Waals surface area contributed by atoms with E-state index in [1.54, 1.807) is 0 Å². The monoisotopic (exact) mass is 261 g/mol. The zero-order chi connectivity index (χ0) is 13.8. The molecule has 1 unspecified atom stereocenters. The molecule has 0 aliphatic carbocycles. The first kappa shape index (κ1) is 13.9. The van der Waals surface area contributed by atoms with Crippen molar-refractivity contribution in [3.05, 3.63) is 24.0 Å². The third-order valence-electron chi connectivity index (χ3n) is 3.31. The second-order valence-electron chi connectivity index (χ2n) is 4.69. The van der Waals surface area contributed by atoms with Gasteiger partial charge in [0.1, 0.15) is 11.6 Å². The highest BCUT2D eigenvalue weighted by atomic mass is 16.5. The minimum atomic E-state index is 0.00731. The summed E-state index contributed by atoms with van der Waals surface area (Å²) in [5.74, 6) is 1.85. The van der Waals surface area contributed by atoms with Gasteiger partial charge in [0, 0.05) is 12.6 Å². The Labute approximate surface area is 114 Å². The largest absolute Gasteiger partial charge is 0.494 e. The summed E-state index contributed by atoms with van der Waals surface area (Å²) < 4.78 is 7.72. The zero-order valence-electron chi connectivity index (χ0n) is 12.0. The molecular weight excluding hydrogens is 238 g/mol. The SMILES string of the molecule is CCCC(N)c1nc2cc(OCC)ccc2n1CC. The van der Waals surface area contributed by atoms with Gasteiger partial charge in [-0.05, 0) is 32.4 Å². The van der Waals surface area contributed by atoms with Crippen molar-refractivity contribution in [1.82, 2.24) is 9.55 Å². The first-order valence-corrected chi connectivity index (χ1v) is 7.09. The fourth-order valence-electron chi connectivity index (χ4n) is 2.44. The van der Waals surface area contributed by atoms with Crippen LogP contribution in [-0.2, 0) is 6.54 Å². The van der Waals surface area contributed by atoms with E-state index in [1.807, 2.05) is 19.1 Å². The molecule has 0 spiro atoms. The van der Waals surface area contributed by atoms with E-state index in [-0.39, 0.29) is 6.04 Å². The Hall–Kier alpha value is -1.55. The molecule has 1 atom stereocenters. The van der Waals surface area contributed by atoms with E-state index in [2.05, 4.69) is 24.5 Å². The summed E-state index contributed by atoms with van der Waals surface area (Å²) in [4.78, 5) is 4.70. The third-order valence-corrected chi connectivity index (χ3v) is 3.31. The molecule has 1 aromatic carbocycles. The maximum absolute atomic E-state index is 6.23. The van der Waals surface area contributed by atoms with Crippen molar-refractivity contribution in [3.63, 3.8) is 0 Å². The minimum absolute atomic E-state index is 0.00731. The molecule has 4 heteroatoms. The van der Waals surface area contributed by atoms with Gasteiger partial charge in [-0.25, -0.2) is 4.98 Å². The summed E-state index contributed by atoms with van der Waals surface area (Å²) in [7, 11) is 0. The number of hydrogen-bond acceptors (Lipinski definition) is 3. The predicted octanol–water partition coefficient (Wildman–Crippen LogP) is 3.25. The van der Waals surface area contributed by atoms with E-state index in [0.29, 0.717) is 6.61 Å². The number of nitrogens with two attached hydrogens (primary N) is 1. The van der Waals surface area contributed by atoms with Crippen molar-refractivity contribution in [3.8, 4) is 5.75 Å². The van der Waals surface area contributed by atoms with Crippen LogP contribution in [0.2, 0.25) is 0 Å². The van der Waals surface area contributed by atoms with Gasteiger partial charge in [0.15, 0.2) is 0 Å². The summed E-state index contributed by atoms with van der Waals surface area (Å²) >= 11 is 0. The standard InChI is InChI=1S/C15H23N3O/c1-4-7-12(16)15-17-13-10-11(19-6-3)8-9-14(13)18(15)5-2/h8-10,12H,4-7,16H2,1-3H3. The van der Waals surface area contributed by atoms with Gasteiger partial charge in [-0.1, -0.05) is 13.3 Å². The summed E-state index contributed by atoms with van der Waals surface area (Å²) in [6.07, 6.45) is 2.03. The molecule has 0 fully saturated rings. The summed E-state index contributed by atoms with van der Waals surface area (Å²) in [6.45, 7) is 7.81. The molecule has 2 aromatic rings. The smallest absolute Gasteiger partial charge is 0.126 e. The van der Waals surface area contributed by atoms with Crippen molar-refractivity contribution in [1.29, 1.82) is 0 Å². The number of benzene rings is 1. The zero-order valence-corrected chi connectivity index (χ0v) is 12.0. The second kappa shape index (κ2) is 6.06. The summed E-state index contributed by atoms with van der Waals surface area (Å²) in [5.41, 5.74) is 8.33.